The first-order valence-corrected chi connectivity index (χ1v) is 8.91. The Labute approximate surface area is 155 Å². The van der Waals surface area contributed by atoms with Gasteiger partial charge in [0.25, 0.3) is 0 Å². The first kappa shape index (κ1) is 17.0. The van der Waals surface area contributed by atoms with Crippen molar-refractivity contribution in [2.45, 2.75) is 18.9 Å². The number of halogens is 2. The Kier molecular flexibility index (Phi) is 4.86. The molecule has 2 N–H and O–H groups in total. The van der Waals surface area contributed by atoms with Crippen LogP contribution in [0.2, 0.25) is 5.02 Å². The van der Waals surface area contributed by atoms with Crippen LogP contribution in [0.15, 0.2) is 42.7 Å². The number of hydrogen-bond acceptors (Lipinski definition) is 5. The first-order chi connectivity index (χ1) is 12.7. The molecule has 134 valence electrons. The number of ether oxygens (including phenoxy) is 1. The van der Waals surface area contributed by atoms with Crippen LogP contribution in [0.5, 0.6) is 5.75 Å². The van der Waals surface area contributed by atoms with E-state index in [9.17, 15) is 4.39 Å². The molecule has 2 heterocycles. The lowest BCUT2D eigenvalue weighted by molar-refractivity contribution is 0.162. The minimum Gasteiger partial charge on any atom is -0.490 e. The van der Waals surface area contributed by atoms with Gasteiger partial charge in [0.2, 0.25) is 0 Å². The third-order valence-electron chi connectivity index (χ3n) is 4.38. The highest BCUT2D eigenvalue weighted by atomic mass is 35.5. The summed E-state index contributed by atoms with van der Waals surface area (Å²) in [5.74, 6) is 0.954. The molecule has 0 radical (unpaired) electrons. The van der Waals surface area contributed by atoms with Crippen molar-refractivity contribution >= 4 is 34.0 Å². The van der Waals surface area contributed by atoms with Gasteiger partial charge in [-0.15, -0.1) is 0 Å². The second-order valence-electron chi connectivity index (χ2n) is 6.22. The van der Waals surface area contributed by atoms with Gasteiger partial charge in [-0.3, -0.25) is 0 Å². The molecule has 0 saturated carbocycles. The Morgan fingerprint density at radius 1 is 1.12 bits per heavy atom. The SMILES string of the molecule is Fc1ccc(Nc2ncnc3ccc(OC4CCNCC4)cc23)cc1Cl. The summed E-state index contributed by atoms with van der Waals surface area (Å²) in [6, 6.07) is 10.2. The summed E-state index contributed by atoms with van der Waals surface area (Å²) >= 11 is 5.86. The van der Waals surface area contributed by atoms with Crippen molar-refractivity contribution in [1.82, 2.24) is 15.3 Å². The van der Waals surface area contributed by atoms with E-state index in [1.165, 1.54) is 18.5 Å². The number of nitrogens with zero attached hydrogens (tertiary/aromatic N) is 2. The number of rotatable bonds is 4. The molecular weight excluding hydrogens is 355 g/mol. The third kappa shape index (κ3) is 3.71. The molecule has 3 aromatic rings. The van der Waals surface area contributed by atoms with E-state index in [0.29, 0.717) is 11.5 Å². The Bertz CT molecular complexity index is 931. The van der Waals surface area contributed by atoms with Crippen molar-refractivity contribution in [3.63, 3.8) is 0 Å². The Morgan fingerprint density at radius 3 is 2.77 bits per heavy atom. The summed E-state index contributed by atoms with van der Waals surface area (Å²) in [4.78, 5) is 8.62. The summed E-state index contributed by atoms with van der Waals surface area (Å²) in [7, 11) is 0. The lowest BCUT2D eigenvalue weighted by Crippen LogP contribution is -2.34. The maximum atomic E-state index is 13.4. The van der Waals surface area contributed by atoms with E-state index in [-0.39, 0.29) is 11.1 Å². The highest BCUT2D eigenvalue weighted by Crippen LogP contribution is 2.29. The Balaban J connectivity index is 1.63. The highest BCUT2D eigenvalue weighted by Gasteiger charge is 2.15. The van der Waals surface area contributed by atoms with E-state index >= 15 is 0 Å². The van der Waals surface area contributed by atoms with Crippen LogP contribution in [0.4, 0.5) is 15.9 Å². The fourth-order valence-corrected chi connectivity index (χ4v) is 3.21. The number of anilines is 2. The van der Waals surface area contributed by atoms with Crippen LogP contribution in [0.1, 0.15) is 12.8 Å². The number of hydrogen-bond donors (Lipinski definition) is 2. The maximum absolute atomic E-state index is 13.4. The molecule has 26 heavy (non-hydrogen) atoms. The number of aromatic nitrogens is 2. The van der Waals surface area contributed by atoms with Gasteiger partial charge < -0.3 is 15.4 Å². The molecule has 0 aliphatic carbocycles. The topological polar surface area (TPSA) is 59.1 Å². The zero-order valence-corrected chi connectivity index (χ0v) is 14.8. The van der Waals surface area contributed by atoms with Gasteiger partial charge in [0.15, 0.2) is 0 Å². The molecule has 1 fully saturated rings. The average molecular weight is 373 g/mol. The van der Waals surface area contributed by atoms with Crippen LogP contribution in [-0.4, -0.2) is 29.2 Å². The molecule has 4 rings (SSSR count). The summed E-state index contributed by atoms with van der Waals surface area (Å²) < 4.78 is 19.5. The van der Waals surface area contributed by atoms with Gasteiger partial charge in [-0.05, 0) is 62.3 Å². The van der Waals surface area contributed by atoms with Gasteiger partial charge in [0.1, 0.15) is 29.8 Å². The van der Waals surface area contributed by atoms with Crippen LogP contribution < -0.4 is 15.4 Å². The number of fused-ring (bicyclic) bond motifs is 1. The lowest BCUT2D eigenvalue weighted by atomic mass is 10.1. The molecule has 1 saturated heterocycles. The van der Waals surface area contributed by atoms with Gasteiger partial charge >= 0.3 is 0 Å². The fourth-order valence-electron chi connectivity index (χ4n) is 3.03. The zero-order chi connectivity index (χ0) is 17.9. The first-order valence-electron chi connectivity index (χ1n) is 8.53. The molecule has 0 spiro atoms. The number of nitrogens with one attached hydrogen (secondary N) is 2. The van der Waals surface area contributed by atoms with Gasteiger partial charge in [-0.25, -0.2) is 14.4 Å². The normalized spacial score (nSPS) is 15.2. The van der Waals surface area contributed by atoms with Crippen LogP contribution in [-0.2, 0) is 0 Å². The monoisotopic (exact) mass is 372 g/mol. The second-order valence-corrected chi connectivity index (χ2v) is 6.63. The summed E-state index contributed by atoms with van der Waals surface area (Å²) in [5.41, 5.74) is 1.45. The second kappa shape index (κ2) is 7.43. The summed E-state index contributed by atoms with van der Waals surface area (Å²) in [6.07, 6.45) is 3.68. The quantitative estimate of drug-likeness (QED) is 0.715. The molecule has 0 unspecified atom stereocenters. The van der Waals surface area contributed by atoms with Crippen molar-refractivity contribution in [2.75, 3.05) is 18.4 Å². The predicted molar refractivity (Wildman–Crippen MR) is 101 cm³/mol. The van der Waals surface area contributed by atoms with Crippen molar-refractivity contribution in [3.8, 4) is 5.75 Å². The van der Waals surface area contributed by atoms with Gasteiger partial charge in [-0.2, -0.15) is 0 Å². The smallest absolute Gasteiger partial charge is 0.141 e. The van der Waals surface area contributed by atoms with Crippen LogP contribution in [0.3, 0.4) is 0 Å². The fraction of sp³-hybridized carbons (Fsp3) is 0.263. The molecule has 7 heteroatoms. The molecule has 1 aliphatic rings. The van der Waals surface area contributed by atoms with E-state index < -0.39 is 5.82 Å². The van der Waals surface area contributed by atoms with Crippen LogP contribution in [0, 0.1) is 5.82 Å². The molecule has 1 aliphatic heterocycles. The molecule has 0 amide bonds. The standard InChI is InChI=1S/C19H18ClFN4O/c20-16-9-12(1-3-17(16)21)25-19-15-10-14(2-4-18(15)23-11-24-19)26-13-5-7-22-8-6-13/h1-4,9-11,13,22H,5-8H2,(H,23,24,25). The Morgan fingerprint density at radius 2 is 1.96 bits per heavy atom. The van der Waals surface area contributed by atoms with Crippen molar-refractivity contribution in [2.24, 2.45) is 0 Å². The highest BCUT2D eigenvalue weighted by molar-refractivity contribution is 6.31. The van der Waals surface area contributed by atoms with E-state index in [2.05, 4.69) is 20.6 Å². The summed E-state index contributed by atoms with van der Waals surface area (Å²) in [5, 5.41) is 7.40. The van der Waals surface area contributed by atoms with Gasteiger partial charge in [-0.1, -0.05) is 11.6 Å². The number of benzene rings is 2. The molecule has 1 aromatic heterocycles. The molecule has 0 atom stereocenters. The maximum Gasteiger partial charge on any atom is 0.141 e. The average Bonchev–Trinajstić information content (AvgIpc) is 2.66. The molecule has 2 aromatic carbocycles. The van der Waals surface area contributed by atoms with E-state index in [0.717, 1.165) is 42.6 Å². The molecule has 5 nitrogen and oxygen atoms in total. The van der Waals surface area contributed by atoms with E-state index in [4.69, 9.17) is 16.3 Å². The van der Waals surface area contributed by atoms with Crippen molar-refractivity contribution < 1.29 is 9.13 Å². The molecule has 0 bridgehead atoms. The lowest BCUT2D eigenvalue weighted by Gasteiger charge is -2.24. The predicted octanol–water partition coefficient (Wildman–Crippen LogP) is 4.30. The minimum atomic E-state index is -0.456. The zero-order valence-electron chi connectivity index (χ0n) is 14.0. The summed E-state index contributed by atoms with van der Waals surface area (Å²) in [6.45, 7) is 1.94. The van der Waals surface area contributed by atoms with Gasteiger partial charge in [0.05, 0.1) is 10.5 Å². The third-order valence-corrected chi connectivity index (χ3v) is 4.67. The van der Waals surface area contributed by atoms with Gasteiger partial charge in [0, 0.05) is 11.1 Å². The van der Waals surface area contributed by atoms with E-state index in [1.807, 2.05) is 18.2 Å². The largest absolute Gasteiger partial charge is 0.490 e. The molecular formula is C19H18ClFN4O. The van der Waals surface area contributed by atoms with E-state index in [1.54, 1.807) is 6.07 Å². The van der Waals surface area contributed by atoms with Crippen LogP contribution >= 0.6 is 11.6 Å². The van der Waals surface area contributed by atoms with Crippen molar-refractivity contribution in [1.29, 1.82) is 0 Å². The van der Waals surface area contributed by atoms with Crippen LogP contribution in [0.25, 0.3) is 10.9 Å². The minimum absolute atomic E-state index is 0.0586. The van der Waals surface area contributed by atoms with Crippen molar-refractivity contribution in [3.05, 3.63) is 53.6 Å². The Hall–Kier alpha value is -2.44. The number of piperidine rings is 1.